The van der Waals surface area contributed by atoms with Gasteiger partial charge in [0.05, 0.1) is 0 Å². The Morgan fingerprint density at radius 2 is 2.18 bits per heavy atom. The van der Waals surface area contributed by atoms with E-state index in [-0.39, 0.29) is 0 Å². The van der Waals surface area contributed by atoms with Crippen molar-refractivity contribution in [1.29, 1.82) is 0 Å². The van der Waals surface area contributed by atoms with Gasteiger partial charge in [0, 0.05) is 45.3 Å². The highest BCUT2D eigenvalue weighted by Gasteiger charge is 2.27. The van der Waals surface area contributed by atoms with Crippen LogP contribution in [0, 0.1) is 0 Å². The van der Waals surface area contributed by atoms with Crippen LogP contribution in [-0.4, -0.2) is 54.5 Å². The molecule has 0 aliphatic carbocycles. The topological polar surface area (TPSA) is 18.5 Å². The summed E-state index contributed by atoms with van der Waals surface area (Å²) in [5, 5.41) is 3.40. The summed E-state index contributed by atoms with van der Waals surface area (Å²) >= 11 is 4.36. The standard InChI is InChI=1S/C7H15N3S/c11-10-4-3-9-2-1-8-5-7(9)6-10/h7-8,11H,1-6H2. The van der Waals surface area contributed by atoms with E-state index in [4.69, 9.17) is 0 Å². The molecule has 1 N–H and O–H groups in total. The summed E-state index contributed by atoms with van der Waals surface area (Å²) in [6.07, 6.45) is 0. The Balaban J connectivity index is 1.93. The number of hydrogen-bond donors (Lipinski definition) is 2. The zero-order valence-corrected chi connectivity index (χ0v) is 7.56. The molecule has 2 fully saturated rings. The highest BCUT2D eigenvalue weighted by Crippen LogP contribution is 2.11. The molecule has 11 heavy (non-hydrogen) atoms. The van der Waals surface area contributed by atoms with Crippen molar-refractivity contribution in [2.24, 2.45) is 0 Å². The lowest BCUT2D eigenvalue weighted by atomic mass is 10.1. The van der Waals surface area contributed by atoms with Crippen molar-refractivity contribution in [3.8, 4) is 0 Å². The lowest BCUT2D eigenvalue weighted by molar-refractivity contribution is 0.101. The van der Waals surface area contributed by atoms with Gasteiger partial charge < -0.3 is 5.32 Å². The Bertz CT molecular complexity index is 142. The number of nitrogens with one attached hydrogen (secondary N) is 1. The molecule has 2 rings (SSSR count). The molecule has 1 unspecified atom stereocenters. The van der Waals surface area contributed by atoms with Crippen molar-refractivity contribution in [3.05, 3.63) is 0 Å². The summed E-state index contributed by atoms with van der Waals surface area (Å²) in [7, 11) is 0. The molecule has 64 valence electrons. The van der Waals surface area contributed by atoms with Crippen LogP contribution >= 0.6 is 12.8 Å². The third kappa shape index (κ3) is 1.69. The van der Waals surface area contributed by atoms with Gasteiger partial charge in [-0.05, 0) is 0 Å². The second-order valence-electron chi connectivity index (χ2n) is 3.31. The van der Waals surface area contributed by atoms with Gasteiger partial charge in [-0.1, -0.05) is 12.8 Å². The van der Waals surface area contributed by atoms with Crippen LogP contribution in [0.4, 0.5) is 0 Å². The van der Waals surface area contributed by atoms with Crippen molar-refractivity contribution in [3.63, 3.8) is 0 Å². The van der Waals surface area contributed by atoms with Crippen LogP contribution in [0.1, 0.15) is 0 Å². The second-order valence-corrected chi connectivity index (χ2v) is 3.87. The molecule has 0 bridgehead atoms. The van der Waals surface area contributed by atoms with E-state index in [2.05, 4.69) is 27.3 Å². The number of rotatable bonds is 0. The van der Waals surface area contributed by atoms with E-state index >= 15 is 0 Å². The molecule has 0 aromatic rings. The van der Waals surface area contributed by atoms with Crippen molar-refractivity contribution < 1.29 is 0 Å². The van der Waals surface area contributed by atoms with E-state index in [0.717, 1.165) is 26.2 Å². The molecule has 0 saturated carbocycles. The number of hydrogen-bond acceptors (Lipinski definition) is 4. The van der Waals surface area contributed by atoms with Gasteiger partial charge in [0.15, 0.2) is 0 Å². The average molecular weight is 173 g/mol. The van der Waals surface area contributed by atoms with Crippen molar-refractivity contribution >= 4 is 12.8 Å². The van der Waals surface area contributed by atoms with Crippen LogP contribution in [-0.2, 0) is 0 Å². The van der Waals surface area contributed by atoms with Crippen LogP contribution in [0.5, 0.6) is 0 Å². The highest BCUT2D eigenvalue weighted by atomic mass is 32.1. The van der Waals surface area contributed by atoms with Gasteiger partial charge in [0.1, 0.15) is 0 Å². The number of piperazine rings is 2. The molecule has 0 spiro atoms. The predicted molar refractivity (Wildman–Crippen MR) is 48.8 cm³/mol. The molecule has 0 aromatic heterocycles. The summed E-state index contributed by atoms with van der Waals surface area (Å²) < 4.78 is 2.12. The lowest BCUT2D eigenvalue weighted by Crippen LogP contribution is -2.59. The lowest BCUT2D eigenvalue weighted by Gasteiger charge is -2.42. The van der Waals surface area contributed by atoms with Gasteiger partial charge in [0.2, 0.25) is 0 Å². The van der Waals surface area contributed by atoms with Gasteiger partial charge in [-0.3, -0.25) is 9.21 Å². The largest absolute Gasteiger partial charge is 0.314 e. The third-order valence-electron chi connectivity index (χ3n) is 2.54. The molecule has 2 heterocycles. The molecule has 3 nitrogen and oxygen atoms in total. The summed E-state index contributed by atoms with van der Waals surface area (Å²) in [6.45, 7) is 6.91. The summed E-state index contributed by atoms with van der Waals surface area (Å²) in [5.41, 5.74) is 0. The van der Waals surface area contributed by atoms with Crippen molar-refractivity contribution in [1.82, 2.24) is 14.5 Å². The maximum absolute atomic E-state index is 4.36. The van der Waals surface area contributed by atoms with E-state index < -0.39 is 0 Å². The first-order valence-corrected chi connectivity index (χ1v) is 4.65. The van der Waals surface area contributed by atoms with Crippen LogP contribution in [0.2, 0.25) is 0 Å². The first kappa shape index (κ1) is 7.86. The molecular formula is C7H15N3S. The Kier molecular flexibility index (Phi) is 2.36. The number of fused-ring (bicyclic) bond motifs is 1. The van der Waals surface area contributed by atoms with Crippen LogP contribution in [0.15, 0.2) is 0 Å². The van der Waals surface area contributed by atoms with Gasteiger partial charge in [0.25, 0.3) is 0 Å². The molecule has 0 aromatic carbocycles. The third-order valence-corrected chi connectivity index (χ3v) is 2.90. The number of thiol groups is 1. The normalized spacial score (nSPS) is 35.2. The zero-order valence-electron chi connectivity index (χ0n) is 6.66. The average Bonchev–Trinajstić information content (AvgIpc) is 2.04. The van der Waals surface area contributed by atoms with Gasteiger partial charge in [-0.2, -0.15) is 0 Å². The highest BCUT2D eigenvalue weighted by molar-refractivity contribution is 7.77. The van der Waals surface area contributed by atoms with Gasteiger partial charge >= 0.3 is 0 Å². The first-order chi connectivity index (χ1) is 5.36. The Morgan fingerprint density at radius 1 is 1.27 bits per heavy atom. The smallest absolute Gasteiger partial charge is 0.0358 e. The van der Waals surface area contributed by atoms with E-state index in [1.54, 1.807) is 0 Å². The maximum Gasteiger partial charge on any atom is 0.0358 e. The molecule has 2 aliphatic rings. The fraction of sp³-hybridized carbons (Fsp3) is 1.00. The molecule has 0 radical (unpaired) electrons. The molecule has 2 saturated heterocycles. The van der Waals surface area contributed by atoms with Gasteiger partial charge in [-0.25, -0.2) is 0 Å². The maximum atomic E-state index is 4.36. The second kappa shape index (κ2) is 3.31. The van der Waals surface area contributed by atoms with Crippen LogP contribution in [0.25, 0.3) is 0 Å². The summed E-state index contributed by atoms with van der Waals surface area (Å²) in [5.74, 6) is 0. The van der Waals surface area contributed by atoms with Gasteiger partial charge in [-0.15, -0.1) is 0 Å². The quantitative estimate of drug-likeness (QED) is 0.478. The molecule has 0 amide bonds. The first-order valence-electron chi connectivity index (χ1n) is 4.25. The minimum Gasteiger partial charge on any atom is -0.314 e. The minimum atomic E-state index is 0.704. The number of nitrogens with zero attached hydrogens (tertiary/aromatic N) is 2. The molecule has 2 aliphatic heterocycles. The minimum absolute atomic E-state index is 0.704. The van der Waals surface area contributed by atoms with E-state index in [1.165, 1.54) is 13.1 Å². The fourth-order valence-corrected chi connectivity index (χ4v) is 2.13. The Morgan fingerprint density at radius 3 is 3.09 bits per heavy atom. The van der Waals surface area contributed by atoms with Crippen LogP contribution in [0.3, 0.4) is 0 Å². The molecule has 4 heteroatoms. The van der Waals surface area contributed by atoms with E-state index in [1.807, 2.05) is 0 Å². The van der Waals surface area contributed by atoms with Crippen LogP contribution < -0.4 is 5.32 Å². The molecular weight excluding hydrogens is 158 g/mol. The monoisotopic (exact) mass is 173 g/mol. The van der Waals surface area contributed by atoms with Crippen molar-refractivity contribution in [2.45, 2.75) is 6.04 Å². The summed E-state index contributed by atoms with van der Waals surface area (Å²) in [4.78, 5) is 2.56. The van der Waals surface area contributed by atoms with E-state index in [0.29, 0.717) is 6.04 Å². The molecule has 1 atom stereocenters. The van der Waals surface area contributed by atoms with E-state index in [9.17, 15) is 0 Å². The Labute approximate surface area is 73.3 Å². The van der Waals surface area contributed by atoms with Crippen molar-refractivity contribution in [2.75, 3.05) is 39.3 Å². The summed E-state index contributed by atoms with van der Waals surface area (Å²) in [6, 6.07) is 0.704. The zero-order chi connectivity index (χ0) is 7.68. The predicted octanol–water partition coefficient (Wildman–Crippen LogP) is -0.579. The Hall–Kier alpha value is 0.230. The SMILES string of the molecule is SN1CCN2CCNCC2C1. The fourth-order valence-electron chi connectivity index (χ4n) is 1.86.